The first-order valence-corrected chi connectivity index (χ1v) is 8.73. The van der Waals surface area contributed by atoms with E-state index in [4.69, 9.17) is 4.42 Å². The number of nitrogens with zero attached hydrogens (tertiary/aromatic N) is 1. The molecule has 1 aromatic rings. The number of likely N-dealkylation sites (tertiary alicyclic amines) is 1. The normalized spacial score (nSPS) is 28.0. The number of carboxylic acid groups (broad SMARTS) is 1. The molecule has 1 N–H and O–H groups in total. The lowest BCUT2D eigenvalue weighted by atomic mass is 9.72. The van der Waals surface area contributed by atoms with E-state index in [2.05, 4.69) is 0 Å². The molecule has 1 aromatic heterocycles. The molecule has 3 rings (SSSR count). The van der Waals surface area contributed by atoms with Gasteiger partial charge in [-0.2, -0.15) is 0 Å². The molecule has 23 heavy (non-hydrogen) atoms. The van der Waals surface area contributed by atoms with Crippen LogP contribution in [0.5, 0.6) is 0 Å². The van der Waals surface area contributed by atoms with Crippen molar-refractivity contribution in [1.29, 1.82) is 0 Å². The predicted molar refractivity (Wildman–Crippen MR) is 84.9 cm³/mol. The fourth-order valence-corrected chi connectivity index (χ4v) is 3.74. The van der Waals surface area contributed by atoms with E-state index < -0.39 is 11.9 Å². The average Bonchev–Trinajstić information content (AvgIpc) is 2.82. The van der Waals surface area contributed by atoms with Gasteiger partial charge in [-0.05, 0) is 37.8 Å². The van der Waals surface area contributed by atoms with Crippen LogP contribution in [-0.4, -0.2) is 28.4 Å². The summed E-state index contributed by atoms with van der Waals surface area (Å²) in [5.41, 5.74) is 0. The number of rotatable bonds is 4. The predicted octanol–water partition coefficient (Wildman–Crippen LogP) is 3.40. The van der Waals surface area contributed by atoms with Crippen molar-refractivity contribution in [3.05, 3.63) is 23.7 Å². The van der Waals surface area contributed by atoms with Gasteiger partial charge in [0, 0.05) is 13.0 Å². The molecule has 0 spiro atoms. The van der Waals surface area contributed by atoms with Crippen LogP contribution in [0.15, 0.2) is 16.5 Å². The van der Waals surface area contributed by atoms with E-state index in [9.17, 15) is 14.7 Å². The molecule has 3 atom stereocenters. The Balaban J connectivity index is 1.81. The van der Waals surface area contributed by atoms with Crippen LogP contribution in [0, 0.1) is 11.8 Å². The van der Waals surface area contributed by atoms with Gasteiger partial charge in [-0.3, -0.25) is 9.59 Å². The molecule has 2 aliphatic rings. The highest BCUT2D eigenvalue weighted by molar-refractivity contribution is 5.86. The van der Waals surface area contributed by atoms with E-state index in [1.807, 2.05) is 24.0 Å². The van der Waals surface area contributed by atoms with Crippen LogP contribution in [0.25, 0.3) is 0 Å². The summed E-state index contributed by atoms with van der Waals surface area (Å²) in [5.74, 6) is 0.0900. The number of aryl methyl sites for hydroxylation is 1. The standard InChI is InChI=1S/C18H25NO4/c1-2-12-7-10-16(23-12)15-6-4-3-5-11-19(15)17(20)13-8-9-14(13)18(21)22/h7,10,13-15H,2-6,8-9,11H2,1H3,(H,21,22). The smallest absolute Gasteiger partial charge is 0.307 e. The van der Waals surface area contributed by atoms with Gasteiger partial charge in [-0.1, -0.05) is 19.8 Å². The van der Waals surface area contributed by atoms with Crippen molar-refractivity contribution in [2.75, 3.05) is 6.54 Å². The van der Waals surface area contributed by atoms with Crippen LogP contribution in [0.4, 0.5) is 0 Å². The minimum atomic E-state index is -0.841. The second kappa shape index (κ2) is 6.77. The summed E-state index contributed by atoms with van der Waals surface area (Å²) in [6.07, 6.45) is 6.20. The fraction of sp³-hybridized carbons (Fsp3) is 0.667. The number of carboxylic acids is 1. The number of carbonyl (C=O) groups is 2. The summed E-state index contributed by atoms with van der Waals surface area (Å²) in [5, 5.41) is 9.24. The first-order chi connectivity index (χ1) is 11.1. The highest BCUT2D eigenvalue weighted by Crippen LogP contribution is 2.39. The van der Waals surface area contributed by atoms with E-state index >= 15 is 0 Å². The molecule has 0 radical (unpaired) electrons. The molecule has 1 saturated carbocycles. The lowest BCUT2D eigenvalue weighted by molar-refractivity contribution is -0.158. The Morgan fingerprint density at radius 3 is 2.57 bits per heavy atom. The summed E-state index contributed by atoms with van der Waals surface area (Å²) in [6.45, 7) is 2.75. The molecule has 2 heterocycles. The Morgan fingerprint density at radius 2 is 1.96 bits per heavy atom. The van der Waals surface area contributed by atoms with E-state index in [0.717, 1.165) is 43.6 Å². The van der Waals surface area contributed by atoms with E-state index in [1.54, 1.807) is 0 Å². The quantitative estimate of drug-likeness (QED) is 0.923. The van der Waals surface area contributed by atoms with Crippen LogP contribution in [0.2, 0.25) is 0 Å². The Hall–Kier alpha value is -1.78. The maximum Gasteiger partial charge on any atom is 0.307 e. The van der Waals surface area contributed by atoms with Crippen molar-refractivity contribution in [2.24, 2.45) is 11.8 Å². The molecule has 1 aliphatic carbocycles. The van der Waals surface area contributed by atoms with E-state index in [0.29, 0.717) is 19.4 Å². The first-order valence-electron chi connectivity index (χ1n) is 8.73. The van der Waals surface area contributed by atoms with Gasteiger partial charge in [0.25, 0.3) is 0 Å². The lowest BCUT2D eigenvalue weighted by Crippen LogP contribution is -2.47. The maximum absolute atomic E-state index is 12.9. The van der Waals surface area contributed by atoms with Crippen molar-refractivity contribution in [2.45, 2.75) is 57.9 Å². The summed E-state index contributed by atoms with van der Waals surface area (Å²) < 4.78 is 5.90. The van der Waals surface area contributed by atoms with Crippen molar-refractivity contribution in [3.8, 4) is 0 Å². The largest absolute Gasteiger partial charge is 0.481 e. The zero-order chi connectivity index (χ0) is 16.4. The molecule has 1 aliphatic heterocycles. The molecular formula is C18H25NO4. The number of hydrogen-bond acceptors (Lipinski definition) is 3. The number of furan rings is 1. The average molecular weight is 319 g/mol. The SMILES string of the molecule is CCc1ccc(C2CCCCCN2C(=O)C2CCC2C(=O)O)o1. The molecule has 1 amide bonds. The van der Waals surface area contributed by atoms with Crippen molar-refractivity contribution in [3.63, 3.8) is 0 Å². The number of aliphatic carboxylic acids is 1. The second-order valence-corrected chi connectivity index (χ2v) is 6.68. The van der Waals surface area contributed by atoms with Crippen molar-refractivity contribution < 1.29 is 19.1 Å². The van der Waals surface area contributed by atoms with Crippen LogP contribution >= 0.6 is 0 Å². The minimum absolute atomic E-state index is 0.00463. The zero-order valence-corrected chi connectivity index (χ0v) is 13.7. The molecule has 3 unspecified atom stereocenters. The van der Waals surface area contributed by atoms with E-state index in [-0.39, 0.29) is 17.9 Å². The van der Waals surface area contributed by atoms with Crippen molar-refractivity contribution >= 4 is 11.9 Å². The third kappa shape index (κ3) is 3.14. The maximum atomic E-state index is 12.9. The summed E-state index contributed by atoms with van der Waals surface area (Å²) in [6, 6.07) is 3.91. The van der Waals surface area contributed by atoms with Crippen LogP contribution in [0.1, 0.15) is 63.0 Å². The summed E-state index contributed by atoms with van der Waals surface area (Å²) >= 11 is 0. The van der Waals surface area contributed by atoms with Gasteiger partial charge < -0.3 is 14.4 Å². The van der Waals surface area contributed by atoms with Gasteiger partial charge in [-0.15, -0.1) is 0 Å². The van der Waals surface area contributed by atoms with Gasteiger partial charge in [0.2, 0.25) is 5.91 Å². The lowest BCUT2D eigenvalue weighted by Gasteiger charge is -2.38. The molecule has 0 bridgehead atoms. The fourth-order valence-electron chi connectivity index (χ4n) is 3.74. The number of hydrogen-bond donors (Lipinski definition) is 1. The van der Waals surface area contributed by atoms with Gasteiger partial charge in [-0.25, -0.2) is 0 Å². The monoisotopic (exact) mass is 319 g/mol. The Kier molecular flexibility index (Phi) is 4.74. The van der Waals surface area contributed by atoms with Crippen LogP contribution < -0.4 is 0 Å². The minimum Gasteiger partial charge on any atom is -0.481 e. The van der Waals surface area contributed by atoms with Crippen molar-refractivity contribution in [1.82, 2.24) is 4.90 Å². The molecule has 126 valence electrons. The Morgan fingerprint density at radius 1 is 1.17 bits per heavy atom. The summed E-state index contributed by atoms with van der Waals surface area (Å²) in [4.78, 5) is 26.1. The molecular weight excluding hydrogens is 294 g/mol. The summed E-state index contributed by atoms with van der Waals surface area (Å²) in [7, 11) is 0. The van der Waals surface area contributed by atoms with Gasteiger partial charge in [0.05, 0.1) is 17.9 Å². The van der Waals surface area contributed by atoms with E-state index in [1.165, 1.54) is 0 Å². The molecule has 2 fully saturated rings. The molecule has 5 heteroatoms. The zero-order valence-electron chi connectivity index (χ0n) is 13.7. The first kappa shape index (κ1) is 16.1. The van der Waals surface area contributed by atoms with Gasteiger partial charge >= 0.3 is 5.97 Å². The molecule has 0 aromatic carbocycles. The highest BCUT2D eigenvalue weighted by atomic mass is 16.4. The topological polar surface area (TPSA) is 70.8 Å². The van der Waals surface area contributed by atoms with Gasteiger partial charge in [0.1, 0.15) is 11.5 Å². The molecule has 5 nitrogen and oxygen atoms in total. The Labute approximate surface area is 136 Å². The third-order valence-corrected chi connectivity index (χ3v) is 5.30. The molecule has 1 saturated heterocycles. The highest BCUT2D eigenvalue weighted by Gasteiger charge is 2.45. The number of amides is 1. The van der Waals surface area contributed by atoms with Crippen LogP contribution in [-0.2, 0) is 16.0 Å². The Bertz CT molecular complexity index is 579. The van der Waals surface area contributed by atoms with Gasteiger partial charge in [0.15, 0.2) is 0 Å². The third-order valence-electron chi connectivity index (χ3n) is 5.30. The van der Waals surface area contributed by atoms with Crippen LogP contribution in [0.3, 0.4) is 0 Å². The second-order valence-electron chi connectivity index (χ2n) is 6.68. The number of carbonyl (C=O) groups excluding carboxylic acids is 1.